The van der Waals surface area contributed by atoms with Crippen LogP contribution in [0, 0.1) is 0 Å². The summed E-state index contributed by atoms with van der Waals surface area (Å²) in [6.07, 6.45) is 3.21. The average Bonchev–Trinajstić information content (AvgIpc) is 2.27. The summed E-state index contributed by atoms with van der Waals surface area (Å²) in [5, 5.41) is 16.4. The molecule has 0 aliphatic carbocycles. The number of hydrogen-bond acceptors (Lipinski definition) is 6. The number of methoxy groups -OCH3 is 1. The molecule has 0 aromatic rings. The first-order valence-electron chi connectivity index (χ1n) is 5.08. The van der Waals surface area contributed by atoms with Gasteiger partial charge in [0.15, 0.2) is 0 Å². The Kier molecular flexibility index (Phi) is 25.0. The lowest BCUT2D eigenvalue weighted by molar-refractivity contribution is -0.137. The number of carboxylic acids is 2. The van der Waals surface area contributed by atoms with Crippen molar-refractivity contribution < 1.29 is 29.3 Å². The number of carbonyl (C=O) groups excluding carboxylic acids is 1. The molecule has 8 N–H and O–H groups in total. The summed E-state index contributed by atoms with van der Waals surface area (Å²) in [6.45, 7) is 3.16. The fraction of sp³-hybridized carbons (Fsp3) is 0.545. The summed E-state index contributed by atoms with van der Waals surface area (Å²) in [6, 6.07) is 0. The summed E-state index contributed by atoms with van der Waals surface area (Å²) >= 11 is 0. The van der Waals surface area contributed by atoms with Crippen LogP contribution >= 0.6 is 0 Å². The number of hydrogen-bond donors (Lipinski definition) is 4. The van der Waals surface area contributed by atoms with Crippen LogP contribution in [0.3, 0.4) is 0 Å². The van der Waals surface area contributed by atoms with Crippen LogP contribution in [0.1, 0.15) is 32.1 Å². The molecule has 0 aromatic heterocycles. The smallest absolute Gasteiger partial charge is 0.329 e. The van der Waals surface area contributed by atoms with Crippen molar-refractivity contribution in [2.75, 3.05) is 7.11 Å². The zero-order chi connectivity index (χ0) is 13.7. The van der Waals surface area contributed by atoms with E-state index in [2.05, 4.69) is 11.3 Å². The fourth-order valence-electron chi connectivity index (χ4n) is 0.813. The number of ether oxygens (including phenoxy) is 1. The molecular formula is C11H24N2O6. The predicted octanol–water partition coefficient (Wildman–Crippen LogP) is 1.78. The van der Waals surface area contributed by atoms with Crippen molar-refractivity contribution in [2.24, 2.45) is 0 Å². The van der Waals surface area contributed by atoms with E-state index < -0.39 is 17.9 Å². The highest BCUT2D eigenvalue weighted by Gasteiger charge is 1.98. The lowest BCUT2D eigenvalue weighted by Crippen LogP contribution is -1.96. The SMILES string of the molecule is C=CC(=O)OC.N.N.O=C(O)CCCCCC(=O)O. The molecule has 0 rings (SSSR count). The Morgan fingerprint density at radius 3 is 1.53 bits per heavy atom. The minimum atomic E-state index is -0.819. The Balaban J connectivity index is -0.000000123. The van der Waals surface area contributed by atoms with Crippen molar-refractivity contribution >= 4 is 17.9 Å². The van der Waals surface area contributed by atoms with E-state index >= 15 is 0 Å². The molecule has 0 unspecified atom stereocenters. The van der Waals surface area contributed by atoms with Crippen LogP contribution in [-0.4, -0.2) is 35.2 Å². The molecule has 0 amide bonds. The van der Waals surface area contributed by atoms with Gasteiger partial charge in [0.25, 0.3) is 0 Å². The second-order valence-corrected chi connectivity index (χ2v) is 3.08. The first-order valence-corrected chi connectivity index (χ1v) is 5.08. The molecule has 0 radical (unpaired) electrons. The normalized spacial score (nSPS) is 7.63. The van der Waals surface area contributed by atoms with Crippen LogP contribution in [-0.2, 0) is 19.1 Å². The quantitative estimate of drug-likeness (QED) is 0.310. The molecule has 8 nitrogen and oxygen atoms in total. The first-order chi connectivity index (χ1) is 7.93. The highest BCUT2D eigenvalue weighted by molar-refractivity contribution is 5.80. The maximum absolute atomic E-state index is 9.98. The molecule has 0 aliphatic rings. The van der Waals surface area contributed by atoms with Gasteiger partial charge in [0.1, 0.15) is 0 Å². The van der Waals surface area contributed by atoms with Crippen molar-refractivity contribution in [1.29, 1.82) is 0 Å². The van der Waals surface area contributed by atoms with Crippen molar-refractivity contribution in [2.45, 2.75) is 32.1 Å². The monoisotopic (exact) mass is 280 g/mol. The van der Waals surface area contributed by atoms with E-state index in [-0.39, 0.29) is 25.1 Å². The molecule has 0 fully saturated rings. The lowest BCUT2D eigenvalue weighted by Gasteiger charge is -1.94. The van der Waals surface area contributed by atoms with Crippen LogP contribution in [0.5, 0.6) is 0 Å². The third kappa shape index (κ3) is 31.4. The van der Waals surface area contributed by atoms with Gasteiger partial charge in [-0.3, -0.25) is 9.59 Å². The van der Waals surface area contributed by atoms with E-state index in [1.54, 1.807) is 0 Å². The predicted molar refractivity (Wildman–Crippen MR) is 70.6 cm³/mol. The van der Waals surface area contributed by atoms with Crippen LogP contribution in [0.2, 0.25) is 0 Å². The molecule has 0 aliphatic heterocycles. The van der Waals surface area contributed by atoms with Crippen LogP contribution < -0.4 is 12.3 Å². The molecule has 0 spiro atoms. The molecule has 0 heterocycles. The van der Waals surface area contributed by atoms with Gasteiger partial charge < -0.3 is 27.3 Å². The second kappa shape index (κ2) is 18.4. The average molecular weight is 280 g/mol. The molecule has 8 heteroatoms. The third-order valence-electron chi connectivity index (χ3n) is 1.65. The van der Waals surface area contributed by atoms with Crippen molar-refractivity contribution in [1.82, 2.24) is 12.3 Å². The number of carboxylic acid groups (broad SMARTS) is 2. The minimum Gasteiger partial charge on any atom is -0.481 e. The van der Waals surface area contributed by atoms with Crippen LogP contribution in [0.25, 0.3) is 0 Å². The van der Waals surface area contributed by atoms with Gasteiger partial charge in [-0.25, -0.2) is 4.79 Å². The number of carbonyl (C=O) groups is 3. The van der Waals surface area contributed by atoms with Gasteiger partial charge in [-0.2, -0.15) is 0 Å². The molecule has 19 heavy (non-hydrogen) atoms. The standard InChI is InChI=1S/C7H12O4.C4H6O2.2H3N/c8-6(9)4-2-1-3-5-7(10)11;1-3-4(5)6-2;;/h1-5H2,(H,8,9)(H,10,11);3H,1H2,2H3;2*1H3. The first kappa shape index (κ1) is 25.8. The highest BCUT2D eigenvalue weighted by Crippen LogP contribution is 2.02. The Morgan fingerprint density at radius 2 is 1.37 bits per heavy atom. The maximum atomic E-state index is 9.98. The number of rotatable bonds is 7. The molecule has 114 valence electrons. The minimum absolute atomic E-state index is 0. The largest absolute Gasteiger partial charge is 0.481 e. The van der Waals surface area contributed by atoms with E-state index in [0.717, 1.165) is 6.08 Å². The van der Waals surface area contributed by atoms with Gasteiger partial charge >= 0.3 is 17.9 Å². The van der Waals surface area contributed by atoms with Gasteiger partial charge in [-0.15, -0.1) is 0 Å². The zero-order valence-electron chi connectivity index (χ0n) is 11.3. The summed E-state index contributed by atoms with van der Waals surface area (Å²) in [5.74, 6) is -2.03. The third-order valence-corrected chi connectivity index (χ3v) is 1.65. The molecule has 0 atom stereocenters. The maximum Gasteiger partial charge on any atom is 0.329 e. The Morgan fingerprint density at radius 1 is 1.00 bits per heavy atom. The number of esters is 1. The van der Waals surface area contributed by atoms with Crippen LogP contribution in [0.4, 0.5) is 0 Å². The summed E-state index contributed by atoms with van der Waals surface area (Å²) in [4.78, 5) is 29.8. The molecule has 0 saturated carbocycles. The van der Waals surface area contributed by atoms with Gasteiger partial charge in [-0.05, 0) is 12.8 Å². The summed E-state index contributed by atoms with van der Waals surface area (Å²) in [5.41, 5.74) is 0. The summed E-state index contributed by atoms with van der Waals surface area (Å²) in [7, 11) is 1.31. The molecular weight excluding hydrogens is 256 g/mol. The topological polar surface area (TPSA) is 171 Å². The van der Waals surface area contributed by atoms with Gasteiger partial charge in [0, 0.05) is 18.9 Å². The van der Waals surface area contributed by atoms with Crippen molar-refractivity contribution in [3.63, 3.8) is 0 Å². The Hall–Kier alpha value is -1.93. The van der Waals surface area contributed by atoms with Gasteiger partial charge in [0.05, 0.1) is 7.11 Å². The molecule has 0 bridgehead atoms. The molecule has 0 aromatic carbocycles. The Labute approximate surface area is 112 Å². The van der Waals surface area contributed by atoms with Crippen LogP contribution in [0.15, 0.2) is 12.7 Å². The van der Waals surface area contributed by atoms with E-state index in [9.17, 15) is 14.4 Å². The van der Waals surface area contributed by atoms with E-state index in [1.165, 1.54) is 7.11 Å². The van der Waals surface area contributed by atoms with E-state index in [0.29, 0.717) is 19.3 Å². The highest BCUT2D eigenvalue weighted by atomic mass is 16.5. The van der Waals surface area contributed by atoms with Crippen molar-refractivity contribution in [3.05, 3.63) is 12.7 Å². The zero-order valence-corrected chi connectivity index (χ0v) is 11.3. The van der Waals surface area contributed by atoms with Gasteiger partial charge in [0.2, 0.25) is 0 Å². The lowest BCUT2D eigenvalue weighted by atomic mass is 10.1. The van der Waals surface area contributed by atoms with E-state index in [4.69, 9.17) is 10.2 Å². The van der Waals surface area contributed by atoms with Crippen molar-refractivity contribution in [3.8, 4) is 0 Å². The van der Waals surface area contributed by atoms with E-state index in [1.807, 2.05) is 0 Å². The number of unbranched alkanes of at least 4 members (excludes halogenated alkanes) is 2. The second-order valence-electron chi connectivity index (χ2n) is 3.08. The molecule has 0 saturated heterocycles. The fourth-order valence-corrected chi connectivity index (χ4v) is 0.813. The summed E-state index contributed by atoms with van der Waals surface area (Å²) < 4.78 is 4.14. The Bertz CT molecular complexity index is 252. The number of aliphatic carboxylic acids is 2. The van der Waals surface area contributed by atoms with Gasteiger partial charge in [-0.1, -0.05) is 13.0 Å².